The molecule has 1 aliphatic carbocycles. The molecule has 11 nitrogen and oxygen atoms in total. The second-order valence-corrected chi connectivity index (χ2v) is 11.3. The van der Waals surface area contributed by atoms with E-state index in [-0.39, 0.29) is 11.9 Å². The van der Waals surface area contributed by atoms with Crippen molar-refractivity contribution in [2.24, 2.45) is 14.1 Å². The van der Waals surface area contributed by atoms with Crippen LogP contribution in [0, 0.1) is 0 Å². The third-order valence-corrected chi connectivity index (χ3v) is 8.16. The fourth-order valence-corrected chi connectivity index (χ4v) is 5.96. The summed E-state index contributed by atoms with van der Waals surface area (Å²) in [6.45, 7) is 1.71. The van der Waals surface area contributed by atoms with E-state index in [0.29, 0.717) is 22.9 Å². The molecule has 43 heavy (non-hydrogen) atoms. The van der Waals surface area contributed by atoms with Crippen molar-refractivity contribution in [3.8, 4) is 39.4 Å². The highest BCUT2D eigenvalue weighted by Gasteiger charge is 2.28. The van der Waals surface area contributed by atoms with Gasteiger partial charge in [-0.15, -0.1) is 0 Å². The van der Waals surface area contributed by atoms with Gasteiger partial charge in [0.15, 0.2) is 0 Å². The number of amides is 1. The zero-order valence-electron chi connectivity index (χ0n) is 24.6. The van der Waals surface area contributed by atoms with E-state index in [4.69, 9.17) is 14.8 Å². The molecule has 0 saturated carbocycles. The lowest BCUT2D eigenvalue weighted by Crippen LogP contribution is -2.57. The van der Waals surface area contributed by atoms with E-state index in [1.165, 1.54) is 0 Å². The molecule has 0 radical (unpaired) electrons. The number of hydrogen-bond donors (Lipinski definition) is 2. The van der Waals surface area contributed by atoms with E-state index in [9.17, 15) is 4.79 Å². The van der Waals surface area contributed by atoms with Gasteiger partial charge in [0.2, 0.25) is 5.95 Å². The molecule has 4 heterocycles. The number of hydrogen-bond acceptors (Lipinski definition) is 8. The fourth-order valence-electron chi connectivity index (χ4n) is 5.96. The van der Waals surface area contributed by atoms with Crippen molar-refractivity contribution in [1.82, 2.24) is 39.7 Å². The first kappa shape index (κ1) is 26.8. The summed E-state index contributed by atoms with van der Waals surface area (Å²) in [5.74, 6) is 0.871. The highest BCUT2D eigenvalue weighted by atomic mass is 16.5. The summed E-state index contributed by atoms with van der Waals surface area (Å²) in [7, 11) is 7.52. The number of benzene rings is 2. The number of nitrogens with one attached hydrogen (secondary N) is 2. The van der Waals surface area contributed by atoms with Crippen LogP contribution in [0.5, 0.6) is 5.75 Å². The normalized spacial score (nSPS) is 14.5. The zero-order chi connectivity index (χ0) is 29.7. The number of ether oxygens (including phenoxy) is 1. The van der Waals surface area contributed by atoms with Crippen LogP contribution in [0.1, 0.15) is 21.6 Å². The SMILES string of the molecule is COc1cc(C(=O)NC2CN(C)C2)ccc1Nc1ncc2c(n1)-c1c(nn(C)c1-c1ccc(-c3cnn(C)c3)cc1)CC2. The maximum Gasteiger partial charge on any atom is 0.251 e. The minimum absolute atomic E-state index is 0.113. The van der Waals surface area contributed by atoms with Crippen LogP contribution in [0.2, 0.25) is 0 Å². The van der Waals surface area contributed by atoms with E-state index < -0.39 is 0 Å². The molecule has 2 aliphatic rings. The van der Waals surface area contributed by atoms with Gasteiger partial charge >= 0.3 is 0 Å². The summed E-state index contributed by atoms with van der Waals surface area (Å²) in [5.41, 5.74) is 9.50. The Bertz CT molecular complexity index is 1830. The van der Waals surface area contributed by atoms with Gasteiger partial charge in [-0.2, -0.15) is 10.2 Å². The maximum atomic E-state index is 12.8. The third kappa shape index (κ3) is 5.01. The Kier molecular flexibility index (Phi) is 6.66. The number of likely N-dealkylation sites (N-methyl/N-ethyl adjacent to an activating group) is 1. The number of fused-ring (bicyclic) bond motifs is 3. The molecule has 5 aromatic rings. The Balaban J connectivity index is 1.18. The smallest absolute Gasteiger partial charge is 0.251 e. The lowest BCUT2D eigenvalue weighted by molar-refractivity contribution is 0.0857. The van der Waals surface area contributed by atoms with Crippen molar-refractivity contribution >= 4 is 17.5 Å². The van der Waals surface area contributed by atoms with Crippen LogP contribution in [-0.4, -0.2) is 73.6 Å². The van der Waals surface area contributed by atoms with Gasteiger partial charge in [0.25, 0.3) is 5.91 Å². The molecular formula is C32H33N9O2. The van der Waals surface area contributed by atoms with Crippen LogP contribution < -0.4 is 15.4 Å². The molecule has 1 fully saturated rings. The van der Waals surface area contributed by atoms with E-state index in [1.807, 2.05) is 50.5 Å². The third-order valence-electron chi connectivity index (χ3n) is 8.16. The highest BCUT2D eigenvalue weighted by Crippen LogP contribution is 2.40. The van der Waals surface area contributed by atoms with E-state index >= 15 is 0 Å². The molecular weight excluding hydrogens is 542 g/mol. The number of methoxy groups -OCH3 is 1. The van der Waals surface area contributed by atoms with Crippen LogP contribution in [0.4, 0.5) is 11.6 Å². The predicted octanol–water partition coefficient (Wildman–Crippen LogP) is 3.84. The van der Waals surface area contributed by atoms with Gasteiger partial charge in [0, 0.05) is 61.8 Å². The molecule has 11 heteroatoms. The van der Waals surface area contributed by atoms with E-state index in [0.717, 1.165) is 70.8 Å². The number of aromatic nitrogens is 6. The summed E-state index contributed by atoms with van der Waals surface area (Å²) in [6, 6.07) is 14.0. The molecule has 2 aromatic carbocycles. The number of anilines is 2. The molecule has 1 saturated heterocycles. The van der Waals surface area contributed by atoms with Gasteiger partial charge in [-0.05, 0) is 49.2 Å². The summed E-state index contributed by atoms with van der Waals surface area (Å²) < 4.78 is 9.39. The number of nitrogens with zero attached hydrogens (tertiary/aromatic N) is 7. The number of rotatable bonds is 7. The van der Waals surface area contributed by atoms with Crippen molar-refractivity contribution in [1.29, 1.82) is 0 Å². The van der Waals surface area contributed by atoms with Crippen LogP contribution in [0.3, 0.4) is 0 Å². The first-order chi connectivity index (χ1) is 20.9. The van der Waals surface area contributed by atoms with Crippen LogP contribution in [-0.2, 0) is 26.9 Å². The number of carbonyl (C=O) groups is 1. The Morgan fingerprint density at radius 2 is 1.77 bits per heavy atom. The fraction of sp³-hybridized carbons (Fsp3) is 0.281. The predicted molar refractivity (Wildman–Crippen MR) is 164 cm³/mol. The molecule has 2 N–H and O–H groups in total. The Morgan fingerprint density at radius 1 is 0.977 bits per heavy atom. The maximum absolute atomic E-state index is 12.8. The van der Waals surface area contributed by atoms with Gasteiger partial charge in [-0.3, -0.25) is 14.2 Å². The minimum Gasteiger partial charge on any atom is -0.495 e. The van der Waals surface area contributed by atoms with Gasteiger partial charge in [0.05, 0.1) is 42.1 Å². The van der Waals surface area contributed by atoms with Gasteiger partial charge < -0.3 is 20.3 Å². The Hall–Kier alpha value is -5.03. The van der Waals surface area contributed by atoms with Crippen LogP contribution in [0.25, 0.3) is 33.6 Å². The quantitative estimate of drug-likeness (QED) is 0.301. The lowest BCUT2D eigenvalue weighted by atomic mass is 9.91. The number of carbonyl (C=O) groups excluding carboxylic acids is 1. The number of likely N-dealkylation sites (tertiary alicyclic amines) is 1. The molecule has 1 aliphatic heterocycles. The lowest BCUT2D eigenvalue weighted by Gasteiger charge is -2.36. The standard InChI is InChI=1S/C32H33N9O2/c1-39-17-24(18-39)35-31(42)21-9-11-25(27(13-21)43-4)36-32-33-14-22-10-12-26-28(29(22)37-32)30(41(3)38-26)20-7-5-19(6-8-20)23-15-34-40(2)16-23/h5-9,11,13-16,24H,10,12,17-18H2,1-4H3,(H,35,42)(H,33,36,37). The summed E-state index contributed by atoms with van der Waals surface area (Å²) in [5, 5.41) is 15.6. The van der Waals surface area contributed by atoms with E-state index in [2.05, 4.69) is 49.9 Å². The van der Waals surface area contributed by atoms with Gasteiger partial charge in [-0.25, -0.2) is 9.97 Å². The molecule has 0 bridgehead atoms. The summed E-state index contributed by atoms with van der Waals surface area (Å²) >= 11 is 0. The van der Waals surface area contributed by atoms with E-state index in [1.54, 1.807) is 23.9 Å². The van der Waals surface area contributed by atoms with Crippen LogP contribution >= 0.6 is 0 Å². The second-order valence-electron chi connectivity index (χ2n) is 11.3. The van der Waals surface area contributed by atoms with Gasteiger partial charge in [-0.1, -0.05) is 24.3 Å². The van der Waals surface area contributed by atoms with Crippen molar-refractivity contribution in [2.45, 2.75) is 18.9 Å². The first-order valence-electron chi connectivity index (χ1n) is 14.3. The summed E-state index contributed by atoms with van der Waals surface area (Å²) in [4.78, 5) is 24.5. The van der Waals surface area contributed by atoms with Crippen molar-refractivity contribution in [3.63, 3.8) is 0 Å². The first-order valence-corrected chi connectivity index (χ1v) is 14.3. The minimum atomic E-state index is -0.113. The molecule has 218 valence electrons. The average Bonchev–Trinajstić information content (AvgIpc) is 3.59. The van der Waals surface area contributed by atoms with Crippen molar-refractivity contribution < 1.29 is 9.53 Å². The molecule has 3 aromatic heterocycles. The molecule has 1 amide bonds. The highest BCUT2D eigenvalue weighted by molar-refractivity contribution is 5.95. The monoisotopic (exact) mass is 575 g/mol. The number of aryl methyl sites for hydroxylation is 4. The second kappa shape index (κ2) is 10.7. The molecule has 7 rings (SSSR count). The average molecular weight is 576 g/mol. The van der Waals surface area contributed by atoms with Crippen LogP contribution in [0.15, 0.2) is 61.1 Å². The van der Waals surface area contributed by atoms with Gasteiger partial charge in [0.1, 0.15) is 5.75 Å². The summed E-state index contributed by atoms with van der Waals surface area (Å²) in [6.07, 6.45) is 7.42. The molecule has 0 spiro atoms. The van der Waals surface area contributed by atoms with Crippen molar-refractivity contribution in [2.75, 3.05) is 32.6 Å². The zero-order valence-corrected chi connectivity index (χ0v) is 24.6. The topological polar surface area (TPSA) is 115 Å². The Labute approximate surface area is 249 Å². The molecule has 0 atom stereocenters. The largest absolute Gasteiger partial charge is 0.495 e. The molecule has 0 unspecified atom stereocenters. The Morgan fingerprint density at radius 3 is 2.49 bits per heavy atom. The van der Waals surface area contributed by atoms with Crippen molar-refractivity contribution in [3.05, 3.63) is 77.9 Å².